The second-order valence-electron chi connectivity index (χ2n) is 4.56. The molecule has 0 spiro atoms. The summed E-state index contributed by atoms with van der Waals surface area (Å²) in [4.78, 5) is 10.3. The molecule has 2 rings (SSSR count). The van der Waals surface area contributed by atoms with Gasteiger partial charge in [0.15, 0.2) is 0 Å². The van der Waals surface area contributed by atoms with Gasteiger partial charge in [-0.1, -0.05) is 59.8 Å². The van der Waals surface area contributed by atoms with E-state index in [0.717, 1.165) is 12.8 Å². The van der Waals surface area contributed by atoms with Crippen molar-refractivity contribution in [3.8, 4) is 11.1 Å². The lowest BCUT2D eigenvalue weighted by Crippen LogP contribution is -1.98. The SMILES string of the molecule is CC(CCc1ccc(-c2ccccc2)cc1)N=O. The summed E-state index contributed by atoms with van der Waals surface area (Å²) in [6.45, 7) is 1.85. The Balaban J connectivity index is 2.04. The molecule has 2 aromatic rings. The maximum atomic E-state index is 10.3. The van der Waals surface area contributed by atoms with E-state index < -0.39 is 0 Å². The first-order valence-corrected chi connectivity index (χ1v) is 6.26. The minimum atomic E-state index is -0.0983. The first kappa shape index (κ1) is 12.5. The topological polar surface area (TPSA) is 29.4 Å². The van der Waals surface area contributed by atoms with Crippen LogP contribution in [0.5, 0.6) is 0 Å². The summed E-state index contributed by atoms with van der Waals surface area (Å²) in [5.41, 5.74) is 3.71. The van der Waals surface area contributed by atoms with Crippen LogP contribution in [0.3, 0.4) is 0 Å². The zero-order chi connectivity index (χ0) is 12.8. The van der Waals surface area contributed by atoms with Crippen LogP contribution in [0.25, 0.3) is 11.1 Å². The number of benzene rings is 2. The van der Waals surface area contributed by atoms with Crippen molar-refractivity contribution in [2.24, 2.45) is 5.18 Å². The number of hydrogen-bond donors (Lipinski definition) is 0. The fraction of sp³-hybridized carbons (Fsp3) is 0.250. The smallest absolute Gasteiger partial charge is 0.0894 e. The van der Waals surface area contributed by atoms with Crippen LogP contribution in [0.1, 0.15) is 18.9 Å². The zero-order valence-electron chi connectivity index (χ0n) is 10.5. The predicted molar refractivity (Wildman–Crippen MR) is 75.5 cm³/mol. The third-order valence-electron chi connectivity index (χ3n) is 3.09. The van der Waals surface area contributed by atoms with Crippen LogP contribution in [0.4, 0.5) is 0 Å². The normalized spacial score (nSPS) is 12.1. The Morgan fingerprint density at radius 2 is 1.56 bits per heavy atom. The van der Waals surface area contributed by atoms with E-state index in [2.05, 4.69) is 41.6 Å². The molecule has 2 heteroatoms. The highest BCUT2D eigenvalue weighted by atomic mass is 16.3. The van der Waals surface area contributed by atoms with Gasteiger partial charge in [0.05, 0.1) is 6.04 Å². The minimum Gasteiger partial charge on any atom is -0.151 e. The minimum absolute atomic E-state index is 0.0983. The van der Waals surface area contributed by atoms with E-state index in [0.29, 0.717) is 0 Å². The lowest BCUT2D eigenvalue weighted by Gasteiger charge is -2.05. The van der Waals surface area contributed by atoms with Gasteiger partial charge in [-0.15, -0.1) is 0 Å². The van der Waals surface area contributed by atoms with Crippen LogP contribution < -0.4 is 0 Å². The van der Waals surface area contributed by atoms with E-state index >= 15 is 0 Å². The van der Waals surface area contributed by atoms with Crippen molar-refractivity contribution in [3.63, 3.8) is 0 Å². The van der Waals surface area contributed by atoms with Gasteiger partial charge in [0.2, 0.25) is 0 Å². The molecule has 92 valence electrons. The van der Waals surface area contributed by atoms with Crippen LogP contribution in [-0.2, 0) is 6.42 Å². The maximum absolute atomic E-state index is 10.3. The Bertz CT molecular complexity index is 490. The Kier molecular flexibility index (Phi) is 4.24. The molecule has 0 aliphatic rings. The Labute approximate surface area is 108 Å². The summed E-state index contributed by atoms with van der Waals surface area (Å²) in [5.74, 6) is 0. The van der Waals surface area contributed by atoms with Crippen LogP contribution in [0.15, 0.2) is 59.8 Å². The fourth-order valence-corrected chi connectivity index (χ4v) is 1.92. The molecule has 0 amide bonds. The van der Waals surface area contributed by atoms with Gasteiger partial charge >= 0.3 is 0 Å². The lowest BCUT2D eigenvalue weighted by molar-refractivity contribution is 0.663. The highest BCUT2D eigenvalue weighted by Gasteiger charge is 2.02. The van der Waals surface area contributed by atoms with E-state index in [1.807, 2.05) is 25.1 Å². The molecule has 0 radical (unpaired) electrons. The molecule has 0 bridgehead atoms. The van der Waals surface area contributed by atoms with Crippen LogP contribution in [0.2, 0.25) is 0 Å². The van der Waals surface area contributed by atoms with Gasteiger partial charge in [0, 0.05) is 0 Å². The number of aryl methyl sites for hydroxylation is 1. The van der Waals surface area contributed by atoms with Crippen molar-refractivity contribution in [2.45, 2.75) is 25.8 Å². The quantitative estimate of drug-likeness (QED) is 0.709. The molecule has 0 aliphatic heterocycles. The second kappa shape index (κ2) is 6.10. The standard InChI is InChI=1S/C16H17NO/c1-13(17-18)7-8-14-9-11-16(12-10-14)15-5-3-2-4-6-15/h2-6,9-13H,7-8H2,1H3. The van der Waals surface area contributed by atoms with E-state index in [9.17, 15) is 4.91 Å². The number of hydrogen-bond acceptors (Lipinski definition) is 2. The number of nitrogens with zero attached hydrogens (tertiary/aromatic N) is 1. The van der Waals surface area contributed by atoms with Crippen molar-refractivity contribution >= 4 is 0 Å². The van der Waals surface area contributed by atoms with Gasteiger partial charge in [-0.2, -0.15) is 4.91 Å². The fourth-order valence-electron chi connectivity index (χ4n) is 1.92. The van der Waals surface area contributed by atoms with Crippen LogP contribution >= 0.6 is 0 Å². The summed E-state index contributed by atoms with van der Waals surface area (Å²) in [5, 5.41) is 3.02. The van der Waals surface area contributed by atoms with Crippen LogP contribution in [0, 0.1) is 4.91 Å². The average molecular weight is 239 g/mol. The van der Waals surface area contributed by atoms with Crippen molar-refractivity contribution in [2.75, 3.05) is 0 Å². The van der Waals surface area contributed by atoms with E-state index in [-0.39, 0.29) is 6.04 Å². The van der Waals surface area contributed by atoms with Gasteiger partial charge in [0.25, 0.3) is 0 Å². The Morgan fingerprint density at radius 1 is 0.944 bits per heavy atom. The third-order valence-corrected chi connectivity index (χ3v) is 3.09. The molecule has 1 unspecified atom stereocenters. The van der Waals surface area contributed by atoms with E-state index in [1.54, 1.807) is 0 Å². The molecule has 0 saturated heterocycles. The molecule has 1 atom stereocenters. The molecular formula is C16H17NO. The molecule has 2 nitrogen and oxygen atoms in total. The van der Waals surface area contributed by atoms with Crippen LogP contribution in [-0.4, -0.2) is 6.04 Å². The molecule has 0 N–H and O–H groups in total. The van der Waals surface area contributed by atoms with Crippen molar-refractivity contribution < 1.29 is 0 Å². The number of nitroso groups, excluding NO2 is 1. The predicted octanol–water partition coefficient (Wildman–Crippen LogP) is 4.44. The van der Waals surface area contributed by atoms with E-state index in [1.165, 1.54) is 16.7 Å². The summed E-state index contributed by atoms with van der Waals surface area (Å²) in [6, 6.07) is 18.7. The van der Waals surface area contributed by atoms with Gasteiger partial charge in [-0.05, 0) is 36.5 Å². The lowest BCUT2D eigenvalue weighted by atomic mass is 10.0. The van der Waals surface area contributed by atoms with Crippen molar-refractivity contribution in [1.29, 1.82) is 0 Å². The van der Waals surface area contributed by atoms with E-state index in [4.69, 9.17) is 0 Å². The largest absolute Gasteiger partial charge is 0.151 e. The van der Waals surface area contributed by atoms with Gasteiger partial charge < -0.3 is 0 Å². The zero-order valence-corrected chi connectivity index (χ0v) is 10.5. The maximum Gasteiger partial charge on any atom is 0.0894 e. The molecule has 18 heavy (non-hydrogen) atoms. The highest BCUT2D eigenvalue weighted by Crippen LogP contribution is 2.19. The Morgan fingerprint density at radius 3 is 2.17 bits per heavy atom. The molecule has 0 aromatic heterocycles. The molecule has 0 fully saturated rings. The van der Waals surface area contributed by atoms with Crippen molar-refractivity contribution in [3.05, 3.63) is 65.1 Å². The molecule has 0 heterocycles. The Hall–Kier alpha value is -1.96. The van der Waals surface area contributed by atoms with Crippen molar-refractivity contribution in [1.82, 2.24) is 0 Å². The summed E-state index contributed by atoms with van der Waals surface area (Å²) >= 11 is 0. The molecule has 0 aliphatic carbocycles. The van der Waals surface area contributed by atoms with Gasteiger partial charge in [-0.25, -0.2) is 0 Å². The average Bonchev–Trinajstić information content (AvgIpc) is 2.46. The molecular weight excluding hydrogens is 222 g/mol. The third kappa shape index (κ3) is 3.27. The second-order valence-corrected chi connectivity index (χ2v) is 4.56. The summed E-state index contributed by atoms with van der Waals surface area (Å²) in [7, 11) is 0. The first-order valence-electron chi connectivity index (χ1n) is 6.26. The number of rotatable bonds is 5. The summed E-state index contributed by atoms with van der Waals surface area (Å²) < 4.78 is 0. The first-order chi connectivity index (χ1) is 8.79. The monoisotopic (exact) mass is 239 g/mol. The molecule has 2 aromatic carbocycles. The van der Waals surface area contributed by atoms with Gasteiger partial charge in [0.1, 0.15) is 0 Å². The molecule has 0 saturated carbocycles. The van der Waals surface area contributed by atoms with Gasteiger partial charge in [-0.3, -0.25) is 0 Å². The highest BCUT2D eigenvalue weighted by molar-refractivity contribution is 5.63. The summed E-state index contributed by atoms with van der Waals surface area (Å²) in [6.07, 6.45) is 1.72.